The molecule has 0 radical (unpaired) electrons. The Morgan fingerprint density at radius 2 is 2.12 bits per heavy atom. The van der Waals surface area contributed by atoms with Crippen LogP contribution < -0.4 is 9.47 Å². The lowest BCUT2D eigenvalue weighted by Gasteiger charge is -2.13. The Labute approximate surface area is 154 Å². The third kappa shape index (κ3) is 3.91. The average Bonchev–Trinajstić information content (AvgIpc) is 3.03. The van der Waals surface area contributed by atoms with E-state index in [2.05, 4.69) is 32.6 Å². The molecule has 0 amide bonds. The van der Waals surface area contributed by atoms with Gasteiger partial charge in [-0.3, -0.25) is 0 Å². The molecule has 3 rings (SSSR count). The molecule has 3 aromatic rings. The second-order valence-electron chi connectivity index (χ2n) is 5.19. The van der Waals surface area contributed by atoms with Crippen molar-refractivity contribution in [3.8, 4) is 11.5 Å². The van der Waals surface area contributed by atoms with E-state index in [9.17, 15) is 0 Å². The molecule has 128 valence electrons. The van der Waals surface area contributed by atoms with Crippen molar-refractivity contribution in [3.63, 3.8) is 0 Å². The van der Waals surface area contributed by atoms with E-state index in [4.69, 9.17) is 9.47 Å². The SMILES string of the molecule is C=CCOc1c(Br)cc(/C=N\n2cnc3ccccc32)cc1OCC. The van der Waals surface area contributed by atoms with Crippen molar-refractivity contribution in [1.29, 1.82) is 0 Å². The number of para-hydroxylation sites is 2. The number of hydrogen-bond acceptors (Lipinski definition) is 4. The van der Waals surface area contributed by atoms with Gasteiger partial charge in [0.15, 0.2) is 11.5 Å². The minimum atomic E-state index is 0.410. The van der Waals surface area contributed by atoms with Crippen LogP contribution in [0.3, 0.4) is 0 Å². The van der Waals surface area contributed by atoms with Crippen molar-refractivity contribution in [2.75, 3.05) is 13.2 Å². The maximum atomic E-state index is 5.69. The van der Waals surface area contributed by atoms with Crippen LogP contribution in [-0.4, -0.2) is 29.1 Å². The summed E-state index contributed by atoms with van der Waals surface area (Å²) in [5.41, 5.74) is 2.75. The van der Waals surface area contributed by atoms with Crippen LogP contribution in [0.25, 0.3) is 11.0 Å². The van der Waals surface area contributed by atoms with E-state index in [1.165, 1.54) is 0 Å². The van der Waals surface area contributed by atoms with Crippen LogP contribution >= 0.6 is 15.9 Å². The van der Waals surface area contributed by atoms with Gasteiger partial charge in [-0.25, -0.2) is 9.66 Å². The van der Waals surface area contributed by atoms with Crippen LogP contribution in [0.15, 0.2) is 65.0 Å². The molecule has 0 aliphatic carbocycles. The molecule has 1 aromatic heterocycles. The van der Waals surface area contributed by atoms with Crippen LogP contribution in [0.2, 0.25) is 0 Å². The Morgan fingerprint density at radius 1 is 1.28 bits per heavy atom. The Bertz CT molecular complexity index is 918. The highest BCUT2D eigenvalue weighted by Crippen LogP contribution is 2.36. The van der Waals surface area contributed by atoms with Crippen molar-refractivity contribution in [1.82, 2.24) is 9.66 Å². The van der Waals surface area contributed by atoms with Crippen LogP contribution in [-0.2, 0) is 0 Å². The fraction of sp³-hybridized carbons (Fsp3) is 0.158. The standard InChI is InChI=1S/C19H18BrN3O2/c1-3-9-25-19-15(20)10-14(11-18(19)24-4-2)12-22-23-13-21-16-7-5-6-8-17(16)23/h3,5-8,10-13H,1,4,9H2,2H3/b22-12-. The van der Waals surface area contributed by atoms with Gasteiger partial charge in [-0.2, -0.15) is 5.10 Å². The number of aromatic nitrogens is 2. The minimum Gasteiger partial charge on any atom is -0.490 e. The number of imidazole rings is 1. The number of halogens is 1. The van der Waals surface area contributed by atoms with Gasteiger partial charge in [0.1, 0.15) is 12.9 Å². The summed E-state index contributed by atoms with van der Waals surface area (Å²) in [6.45, 7) is 6.56. The van der Waals surface area contributed by atoms with Crippen molar-refractivity contribution in [3.05, 3.63) is 65.4 Å². The van der Waals surface area contributed by atoms with Crippen LogP contribution in [0.1, 0.15) is 12.5 Å². The zero-order chi connectivity index (χ0) is 17.6. The van der Waals surface area contributed by atoms with Gasteiger partial charge in [0.05, 0.1) is 28.3 Å². The molecule has 1 heterocycles. The Balaban J connectivity index is 1.92. The van der Waals surface area contributed by atoms with Gasteiger partial charge in [-0.05, 0) is 52.7 Å². The third-order valence-corrected chi connectivity index (χ3v) is 4.03. The van der Waals surface area contributed by atoms with Crippen LogP contribution in [0, 0.1) is 0 Å². The molecule has 0 spiro atoms. The Kier molecular flexibility index (Phi) is 5.50. The average molecular weight is 400 g/mol. The van der Waals surface area contributed by atoms with E-state index >= 15 is 0 Å². The molecule has 0 aliphatic rings. The van der Waals surface area contributed by atoms with E-state index in [-0.39, 0.29) is 0 Å². The molecular formula is C19H18BrN3O2. The van der Waals surface area contributed by atoms with Gasteiger partial charge in [0.25, 0.3) is 0 Å². The lowest BCUT2D eigenvalue weighted by molar-refractivity contribution is 0.295. The zero-order valence-electron chi connectivity index (χ0n) is 13.9. The largest absolute Gasteiger partial charge is 0.490 e. The normalized spacial score (nSPS) is 11.1. The molecule has 6 heteroatoms. The highest BCUT2D eigenvalue weighted by Gasteiger charge is 2.11. The fourth-order valence-corrected chi connectivity index (χ4v) is 2.95. The number of nitrogens with zero attached hydrogens (tertiary/aromatic N) is 3. The molecule has 0 saturated carbocycles. The van der Waals surface area contributed by atoms with E-state index in [0.29, 0.717) is 24.7 Å². The molecule has 0 bridgehead atoms. The molecule has 0 fully saturated rings. The lowest BCUT2D eigenvalue weighted by atomic mass is 10.2. The summed E-state index contributed by atoms with van der Waals surface area (Å²) < 4.78 is 13.9. The number of rotatable bonds is 7. The molecule has 0 saturated heterocycles. The molecule has 0 unspecified atom stereocenters. The summed E-state index contributed by atoms with van der Waals surface area (Å²) >= 11 is 3.54. The van der Waals surface area contributed by atoms with Gasteiger partial charge in [-0.15, -0.1) is 0 Å². The van der Waals surface area contributed by atoms with E-state index in [1.807, 2.05) is 43.3 Å². The second-order valence-corrected chi connectivity index (χ2v) is 6.04. The predicted octanol–water partition coefficient (Wildman–Crippen LogP) is 4.64. The summed E-state index contributed by atoms with van der Waals surface area (Å²) in [4.78, 5) is 4.33. The van der Waals surface area contributed by atoms with Crippen LogP contribution in [0.5, 0.6) is 11.5 Å². The number of fused-ring (bicyclic) bond motifs is 1. The quantitative estimate of drug-likeness (QED) is 0.429. The first-order chi connectivity index (χ1) is 12.2. The molecule has 0 atom stereocenters. The summed E-state index contributed by atoms with van der Waals surface area (Å²) in [7, 11) is 0. The number of benzene rings is 2. The third-order valence-electron chi connectivity index (χ3n) is 3.44. The first-order valence-electron chi connectivity index (χ1n) is 7.89. The highest BCUT2D eigenvalue weighted by molar-refractivity contribution is 9.10. The van der Waals surface area contributed by atoms with Crippen LogP contribution in [0.4, 0.5) is 0 Å². The molecule has 25 heavy (non-hydrogen) atoms. The highest BCUT2D eigenvalue weighted by atomic mass is 79.9. The molecule has 0 N–H and O–H groups in total. The maximum absolute atomic E-state index is 5.69. The topological polar surface area (TPSA) is 48.6 Å². The summed E-state index contributed by atoms with van der Waals surface area (Å²) in [6, 6.07) is 11.7. The molecule has 0 aliphatic heterocycles. The zero-order valence-corrected chi connectivity index (χ0v) is 15.4. The summed E-state index contributed by atoms with van der Waals surface area (Å²) in [5, 5.41) is 4.49. The van der Waals surface area contributed by atoms with Crippen molar-refractivity contribution in [2.45, 2.75) is 6.92 Å². The number of ether oxygens (including phenoxy) is 2. The fourth-order valence-electron chi connectivity index (χ4n) is 2.37. The van der Waals surface area contributed by atoms with Gasteiger partial charge in [-0.1, -0.05) is 24.8 Å². The Hall–Kier alpha value is -2.60. The summed E-state index contributed by atoms with van der Waals surface area (Å²) in [6.07, 6.45) is 5.15. The van der Waals surface area contributed by atoms with Gasteiger partial charge in [0, 0.05) is 0 Å². The number of hydrogen-bond donors (Lipinski definition) is 0. The molecule has 2 aromatic carbocycles. The smallest absolute Gasteiger partial charge is 0.175 e. The van der Waals surface area contributed by atoms with E-state index < -0.39 is 0 Å². The lowest BCUT2D eigenvalue weighted by Crippen LogP contribution is -2.01. The van der Waals surface area contributed by atoms with E-state index in [0.717, 1.165) is 21.1 Å². The first kappa shape index (κ1) is 17.2. The minimum absolute atomic E-state index is 0.410. The van der Waals surface area contributed by atoms with Gasteiger partial charge >= 0.3 is 0 Å². The summed E-state index contributed by atoms with van der Waals surface area (Å²) in [5.74, 6) is 1.32. The molecule has 5 nitrogen and oxygen atoms in total. The molecular weight excluding hydrogens is 382 g/mol. The second kappa shape index (κ2) is 7.98. The van der Waals surface area contributed by atoms with Crippen molar-refractivity contribution >= 4 is 33.2 Å². The van der Waals surface area contributed by atoms with E-state index in [1.54, 1.807) is 23.3 Å². The van der Waals surface area contributed by atoms with Gasteiger partial charge < -0.3 is 9.47 Å². The Morgan fingerprint density at radius 3 is 2.92 bits per heavy atom. The monoisotopic (exact) mass is 399 g/mol. The van der Waals surface area contributed by atoms with Crippen molar-refractivity contribution in [2.24, 2.45) is 5.10 Å². The predicted molar refractivity (Wildman–Crippen MR) is 104 cm³/mol. The maximum Gasteiger partial charge on any atom is 0.175 e. The van der Waals surface area contributed by atoms with Gasteiger partial charge in [0.2, 0.25) is 0 Å². The first-order valence-corrected chi connectivity index (χ1v) is 8.68. The van der Waals surface area contributed by atoms with Crippen molar-refractivity contribution < 1.29 is 9.47 Å².